The van der Waals surface area contributed by atoms with Crippen LogP contribution in [0.5, 0.6) is 5.75 Å². The average Bonchev–Trinajstić information content (AvgIpc) is 2.96. The van der Waals surface area contributed by atoms with Gasteiger partial charge in [0.1, 0.15) is 5.75 Å². The molecule has 2 aromatic rings. The Morgan fingerprint density at radius 2 is 1.96 bits per heavy atom. The molecular weight excluding hydrogens is 316 g/mol. The lowest BCUT2D eigenvalue weighted by molar-refractivity contribution is -0.116. The van der Waals surface area contributed by atoms with Gasteiger partial charge in [-0.3, -0.25) is 9.59 Å². The summed E-state index contributed by atoms with van der Waals surface area (Å²) in [5.41, 5.74) is 3.46. The number of carbonyl (C=O) groups excluding carboxylic acids is 2. The van der Waals surface area contributed by atoms with Gasteiger partial charge in [0.05, 0.1) is 13.0 Å². The number of nitrogens with one attached hydrogen (secondary N) is 2. The van der Waals surface area contributed by atoms with Gasteiger partial charge in [0.2, 0.25) is 5.91 Å². The van der Waals surface area contributed by atoms with Crippen molar-refractivity contribution in [2.24, 2.45) is 0 Å². The lowest BCUT2D eigenvalue weighted by Gasteiger charge is -2.09. The molecule has 2 amide bonds. The maximum absolute atomic E-state index is 12.0. The molecule has 5 heteroatoms. The van der Waals surface area contributed by atoms with E-state index in [2.05, 4.69) is 24.5 Å². The maximum atomic E-state index is 12.0. The maximum Gasteiger partial charge on any atom is 0.251 e. The van der Waals surface area contributed by atoms with Gasteiger partial charge in [-0.25, -0.2) is 0 Å². The van der Waals surface area contributed by atoms with E-state index in [-0.39, 0.29) is 18.2 Å². The third kappa shape index (κ3) is 4.18. The van der Waals surface area contributed by atoms with Crippen LogP contribution in [0.2, 0.25) is 0 Å². The molecule has 5 nitrogen and oxygen atoms in total. The Bertz CT molecular complexity index is 782. The van der Waals surface area contributed by atoms with Gasteiger partial charge < -0.3 is 15.4 Å². The summed E-state index contributed by atoms with van der Waals surface area (Å²) in [5, 5.41) is 5.56. The van der Waals surface area contributed by atoms with E-state index in [0.29, 0.717) is 30.3 Å². The Morgan fingerprint density at radius 3 is 2.68 bits per heavy atom. The fourth-order valence-corrected chi connectivity index (χ4v) is 2.72. The summed E-state index contributed by atoms with van der Waals surface area (Å²) in [4.78, 5) is 23.7. The highest BCUT2D eigenvalue weighted by molar-refractivity contribution is 6.00. The molecule has 130 valence electrons. The second kappa shape index (κ2) is 7.38. The van der Waals surface area contributed by atoms with Crippen molar-refractivity contribution in [3.05, 3.63) is 59.2 Å². The number of ether oxygens (including phenoxy) is 1. The number of anilines is 1. The highest BCUT2D eigenvalue weighted by Gasteiger charge is 2.19. The predicted octanol–water partition coefficient (Wildman–Crippen LogP) is 3.46. The van der Waals surface area contributed by atoms with Crippen molar-refractivity contribution in [3.8, 4) is 5.75 Å². The van der Waals surface area contributed by atoms with Gasteiger partial charge in [-0.1, -0.05) is 32.0 Å². The molecule has 0 aliphatic carbocycles. The van der Waals surface area contributed by atoms with Gasteiger partial charge in [-0.2, -0.15) is 0 Å². The zero-order chi connectivity index (χ0) is 17.8. The van der Waals surface area contributed by atoms with Crippen LogP contribution in [-0.4, -0.2) is 18.4 Å². The van der Waals surface area contributed by atoms with Crippen LogP contribution in [0.3, 0.4) is 0 Å². The van der Waals surface area contributed by atoms with Crippen LogP contribution in [0.1, 0.15) is 47.7 Å². The van der Waals surface area contributed by atoms with Crippen LogP contribution >= 0.6 is 0 Å². The summed E-state index contributed by atoms with van der Waals surface area (Å²) >= 11 is 0. The number of amides is 2. The molecule has 0 radical (unpaired) electrons. The van der Waals surface area contributed by atoms with Crippen molar-refractivity contribution in [2.75, 3.05) is 11.9 Å². The first-order valence-corrected chi connectivity index (χ1v) is 8.46. The first-order chi connectivity index (χ1) is 12.0. The number of carbonyl (C=O) groups is 2. The molecule has 1 aliphatic heterocycles. The van der Waals surface area contributed by atoms with E-state index in [4.69, 9.17) is 4.74 Å². The molecule has 2 aromatic carbocycles. The van der Waals surface area contributed by atoms with Crippen molar-refractivity contribution >= 4 is 17.5 Å². The average molecular weight is 338 g/mol. The third-order valence-electron chi connectivity index (χ3n) is 4.22. The van der Waals surface area contributed by atoms with Gasteiger partial charge in [0, 0.05) is 17.8 Å². The van der Waals surface area contributed by atoms with Crippen molar-refractivity contribution in [3.63, 3.8) is 0 Å². The van der Waals surface area contributed by atoms with Crippen LogP contribution in [0, 0.1) is 0 Å². The van der Waals surface area contributed by atoms with E-state index in [9.17, 15) is 9.59 Å². The van der Waals surface area contributed by atoms with E-state index < -0.39 is 0 Å². The van der Waals surface area contributed by atoms with Crippen LogP contribution in [0.25, 0.3) is 0 Å². The molecule has 0 saturated heterocycles. The highest BCUT2D eigenvalue weighted by Crippen LogP contribution is 2.21. The summed E-state index contributed by atoms with van der Waals surface area (Å²) in [6, 6.07) is 13.3. The summed E-state index contributed by atoms with van der Waals surface area (Å²) in [5.74, 6) is 0.997. The van der Waals surface area contributed by atoms with E-state index in [1.807, 2.05) is 36.4 Å². The van der Waals surface area contributed by atoms with Crippen molar-refractivity contribution < 1.29 is 14.3 Å². The fraction of sp³-hybridized carbons (Fsp3) is 0.300. The van der Waals surface area contributed by atoms with Crippen LogP contribution in [0.4, 0.5) is 5.69 Å². The second-order valence-electron chi connectivity index (χ2n) is 6.42. The molecule has 0 fully saturated rings. The number of fused-ring (bicyclic) bond motifs is 1. The molecule has 0 unspecified atom stereocenters. The van der Waals surface area contributed by atoms with Crippen molar-refractivity contribution in [1.29, 1.82) is 0 Å². The SMILES string of the molecule is CC(C)c1ccc(OCCC(=O)Nc2ccc3c(c2)C(=O)NC3)cc1. The van der Waals surface area contributed by atoms with E-state index in [1.54, 1.807) is 6.07 Å². The Balaban J connectivity index is 1.48. The quantitative estimate of drug-likeness (QED) is 0.847. The Labute approximate surface area is 147 Å². The minimum Gasteiger partial charge on any atom is -0.493 e. The second-order valence-corrected chi connectivity index (χ2v) is 6.42. The monoisotopic (exact) mass is 338 g/mol. The lowest BCUT2D eigenvalue weighted by Crippen LogP contribution is -2.16. The van der Waals surface area contributed by atoms with Gasteiger partial charge in [0.15, 0.2) is 0 Å². The summed E-state index contributed by atoms with van der Waals surface area (Å²) in [6.07, 6.45) is 0.245. The molecule has 0 aromatic heterocycles. The van der Waals surface area contributed by atoms with Crippen LogP contribution in [0.15, 0.2) is 42.5 Å². The predicted molar refractivity (Wildman–Crippen MR) is 96.9 cm³/mol. The molecule has 25 heavy (non-hydrogen) atoms. The topological polar surface area (TPSA) is 67.4 Å². The summed E-state index contributed by atoms with van der Waals surface area (Å²) in [6.45, 7) is 5.13. The fourth-order valence-electron chi connectivity index (χ4n) is 2.72. The van der Waals surface area contributed by atoms with E-state index in [1.165, 1.54) is 5.56 Å². The Morgan fingerprint density at radius 1 is 1.20 bits per heavy atom. The van der Waals surface area contributed by atoms with Crippen LogP contribution < -0.4 is 15.4 Å². The van der Waals surface area contributed by atoms with Gasteiger partial charge >= 0.3 is 0 Å². The van der Waals surface area contributed by atoms with E-state index in [0.717, 1.165) is 11.3 Å². The zero-order valence-corrected chi connectivity index (χ0v) is 14.5. The number of benzene rings is 2. The molecule has 0 bridgehead atoms. The standard InChI is InChI=1S/C20H22N2O3/c1-13(2)14-4-7-17(8-5-14)25-10-9-19(23)22-16-6-3-15-12-21-20(24)18(15)11-16/h3-8,11,13H,9-10,12H2,1-2H3,(H,21,24)(H,22,23). The number of hydrogen-bond donors (Lipinski definition) is 2. The Kier molecular flexibility index (Phi) is 5.03. The molecule has 0 spiro atoms. The molecule has 2 N–H and O–H groups in total. The highest BCUT2D eigenvalue weighted by atomic mass is 16.5. The lowest BCUT2D eigenvalue weighted by atomic mass is 10.0. The third-order valence-corrected chi connectivity index (χ3v) is 4.22. The molecule has 0 saturated carbocycles. The summed E-state index contributed by atoms with van der Waals surface area (Å²) in [7, 11) is 0. The van der Waals surface area contributed by atoms with Crippen LogP contribution in [-0.2, 0) is 11.3 Å². The minimum atomic E-state index is -0.142. The molecule has 0 atom stereocenters. The zero-order valence-electron chi connectivity index (χ0n) is 14.5. The molecule has 1 heterocycles. The van der Waals surface area contributed by atoms with Gasteiger partial charge in [-0.15, -0.1) is 0 Å². The van der Waals surface area contributed by atoms with Crippen molar-refractivity contribution in [1.82, 2.24) is 5.32 Å². The first-order valence-electron chi connectivity index (χ1n) is 8.46. The normalized spacial score (nSPS) is 12.7. The first kappa shape index (κ1) is 17.0. The number of rotatable bonds is 6. The Hall–Kier alpha value is -2.82. The number of hydrogen-bond acceptors (Lipinski definition) is 3. The van der Waals surface area contributed by atoms with Crippen molar-refractivity contribution in [2.45, 2.75) is 32.7 Å². The largest absolute Gasteiger partial charge is 0.493 e. The smallest absolute Gasteiger partial charge is 0.251 e. The molecule has 1 aliphatic rings. The summed E-state index contributed by atoms with van der Waals surface area (Å²) < 4.78 is 5.62. The van der Waals surface area contributed by atoms with Gasteiger partial charge in [0.25, 0.3) is 5.91 Å². The minimum absolute atomic E-state index is 0.0979. The molecule has 3 rings (SSSR count). The molecular formula is C20H22N2O3. The van der Waals surface area contributed by atoms with Gasteiger partial charge in [-0.05, 0) is 41.3 Å². The van der Waals surface area contributed by atoms with E-state index >= 15 is 0 Å².